The number of aromatic nitrogens is 1. The van der Waals surface area contributed by atoms with E-state index in [1.165, 1.54) is 23.5 Å². The second-order valence-corrected chi connectivity index (χ2v) is 7.59. The van der Waals surface area contributed by atoms with Gasteiger partial charge in [-0.1, -0.05) is 12.1 Å². The van der Waals surface area contributed by atoms with Crippen molar-refractivity contribution in [1.29, 1.82) is 0 Å². The number of piperidine rings is 1. The third-order valence-corrected chi connectivity index (χ3v) is 5.75. The van der Waals surface area contributed by atoms with E-state index in [0.717, 1.165) is 11.4 Å². The highest BCUT2D eigenvalue weighted by Crippen LogP contribution is 2.50. The Morgan fingerprint density at radius 2 is 2.21 bits per heavy atom. The van der Waals surface area contributed by atoms with Crippen LogP contribution in [0.5, 0.6) is 0 Å². The van der Waals surface area contributed by atoms with Gasteiger partial charge in [0.25, 0.3) is 5.91 Å². The van der Waals surface area contributed by atoms with Crippen LogP contribution in [0.1, 0.15) is 21.9 Å². The minimum Gasteiger partial charge on any atom is -0.368 e. The number of carbonyl (C=O) groups excluding carboxylic acids is 2. The van der Waals surface area contributed by atoms with Crippen LogP contribution in [0, 0.1) is 24.6 Å². The quantitative estimate of drug-likeness (QED) is 0.926. The number of primary amides is 1. The van der Waals surface area contributed by atoms with Crippen LogP contribution in [0.25, 0.3) is 10.4 Å². The van der Waals surface area contributed by atoms with Crippen LogP contribution in [-0.4, -0.2) is 34.3 Å². The van der Waals surface area contributed by atoms with Crippen molar-refractivity contribution in [1.82, 2.24) is 9.88 Å². The third kappa shape index (κ3) is 2.39. The van der Waals surface area contributed by atoms with Gasteiger partial charge in [0.2, 0.25) is 5.91 Å². The zero-order valence-corrected chi connectivity index (χ0v) is 13.8. The molecule has 0 spiro atoms. The molecule has 1 aromatic heterocycles. The average Bonchev–Trinajstić information content (AvgIpc) is 3.01. The van der Waals surface area contributed by atoms with Crippen LogP contribution >= 0.6 is 11.3 Å². The van der Waals surface area contributed by atoms with E-state index in [1.807, 2.05) is 0 Å². The van der Waals surface area contributed by atoms with E-state index >= 15 is 0 Å². The highest BCUT2D eigenvalue weighted by atomic mass is 32.1. The predicted molar refractivity (Wildman–Crippen MR) is 87.9 cm³/mol. The topological polar surface area (TPSA) is 76.3 Å². The molecule has 0 radical (unpaired) electrons. The number of thiazole rings is 1. The molecular weight excluding hydrogens is 329 g/mol. The van der Waals surface area contributed by atoms with Crippen LogP contribution < -0.4 is 5.73 Å². The minimum atomic E-state index is -0.551. The van der Waals surface area contributed by atoms with Crippen LogP contribution in [0.4, 0.5) is 4.39 Å². The largest absolute Gasteiger partial charge is 0.368 e. The summed E-state index contributed by atoms with van der Waals surface area (Å²) in [5, 5.41) is 0.720. The van der Waals surface area contributed by atoms with Crippen molar-refractivity contribution in [3.8, 4) is 10.4 Å². The number of rotatable bonds is 3. The third-order valence-electron chi connectivity index (χ3n) is 4.73. The first-order valence-corrected chi connectivity index (χ1v) is 8.61. The number of hydrogen-bond acceptors (Lipinski definition) is 4. The minimum absolute atomic E-state index is 0.184. The summed E-state index contributed by atoms with van der Waals surface area (Å²) in [5.74, 6) is -0.579. The first kappa shape index (κ1) is 15.3. The Kier molecular flexibility index (Phi) is 3.42. The summed E-state index contributed by atoms with van der Waals surface area (Å²) >= 11 is 1.34. The highest BCUT2D eigenvalue weighted by molar-refractivity contribution is 7.15. The van der Waals surface area contributed by atoms with Gasteiger partial charge in [0, 0.05) is 6.54 Å². The van der Waals surface area contributed by atoms with E-state index in [2.05, 4.69) is 4.98 Å². The van der Waals surface area contributed by atoms with Crippen molar-refractivity contribution in [2.75, 3.05) is 6.54 Å². The molecule has 5 nitrogen and oxygen atoms in total. The maximum atomic E-state index is 13.5. The Labute approximate surface area is 142 Å². The summed E-state index contributed by atoms with van der Waals surface area (Å²) < 4.78 is 13.5. The molecule has 2 fully saturated rings. The van der Waals surface area contributed by atoms with Gasteiger partial charge in [0.05, 0.1) is 9.88 Å². The van der Waals surface area contributed by atoms with Crippen molar-refractivity contribution in [3.63, 3.8) is 0 Å². The molecule has 0 unspecified atom stereocenters. The van der Waals surface area contributed by atoms with Crippen LogP contribution in [0.15, 0.2) is 24.3 Å². The van der Waals surface area contributed by atoms with E-state index in [-0.39, 0.29) is 23.3 Å². The van der Waals surface area contributed by atoms with Gasteiger partial charge >= 0.3 is 0 Å². The number of fused-ring (bicyclic) bond motifs is 1. The molecule has 124 valence electrons. The van der Waals surface area contributed by atoms with Crippen molar-refractivity contribution >= 4 is 23.2 Å². The Morgan fingerprint density at radius 1 is 1.42 bits per heavy atom. The van der Waals surface area contributed by atoms with Gasteiger partial charge in [0.1, 0.15) is 17.6 Å². The fourth-order valence-electron chi connectivity index (χ4n) is 3.57. The molecule has 1 aliphatic heterocycles. The Bertz CT molecular complexity index is 850. The second-order valence-electron chi connectivity index (χ2n) is 6.39. The molecule has 2 heterocycles. The van der Waals surface area contributed by atoms with E-state index in [0.29, 0.717) is 22.9 Å². The summed E-state index contributed by atoms with van der Waals surface area (Å²) in [7, 11) is 0. The highest BCUT2D eigenvalue weighted by Gasteiger charge is 2.56. The van der Waals surface area contributed by atoms with Crippen LogP contribution in [-0.2, 0) is 4.79 Å². The van der Waals surface area contributed by atoms with Crippen molar-refractivity contribution < 1.29 is 14.0 Å². The van der Waals surface area contributed by atoms with Gasteiger partial charge < -0.3 is 10.6 Å². The summed E-state index contributed by atoms with van der Waals surface area (Å²) in [6.07, 6.45) is 0.949. The lowest BCUT2D eigenvalue weighted by atomic mass is 10.1. The maximum Gasteiger partial charge on any atom is 0.274 e. The molecule has 24 heavy (non-hydrogen) atoms. The molecule has 1 aliphatic carbocycles. The van der Waals surface area contributed by atoms with Gasteiger partial charge in [-0.25, -0.2) is 9.37 Å². The van der Waals surface area contributed by atoms with Crippen molar-refractivity contribution in [2.24, 2.45) is 17.6 Å². The van der Waals surface area contributed by atoms with E-state index in [1.54, 1.807) is 24.0 Å². The Hall–Kier alpha value is -2.28. The Morgan fingerprint density at radius 3 is 2.92 bits per heavy atom. The summed E-state index contributed by atoms with van der Waals surface area (Å²) in [4.78, 5) is 31.3. The standard InChI is InChI=1S/C17H16FN3O2S/c1-8-20-13(15(24-8)9-3-2-4-11(18)5-9)17(23)21-7-10-6-12(10)14(21)16(19)22/h2-5,10,12,14H,6-7H2,1H3,(H2,19,22)/t10-,12+,14-/m0/s1. The molecule has 1 saturated heterocycles. The van der Waals surface area contributed by atoms with Crippen LogP contribution in [0.3, 0.4) is 0 Å². The maximum absolute atomic E-state index is 13.5. The molecule has 1 saturated carbocycles. The molecule has 7 heteroatoms. The summed E-state index contributed by atoms with van der Waals surface area (Å²) in [6, 6.07) is 5.54. The lowest BCUT2D eigenvalue weighted by Gasteiger charge is -2.24. The fraction of sp³-hybridized carbons (Fsp3) is 0.353. The average molecular weight is 345 g/mol. The number of benzene rings is 1. The number of aryl methyl sites for hydroxylation is 1. The number of nitrogens with two attached hydrogens (primary N) is 1. The van der Waals surface area contributed by atoms with Gasteiger partial charge in [-0.15, -0.1) is 11.3 Å². The zero-order valence-electron chi connectivity index (χ0n) is 13.0. The molecular formula is C17H16FN3O2S. The fourth-order valence-corrected chi connectivity index (χ4v) is 4.48. The van der Waals surface area contributed by atoms with E-state index in [9.17, 15) is 14.0 Å². The molecule has 2 N–H and O–H groups in total. The summed E-state index contributed by atoms with van der Waals surface area (Å²) in [5.41, 5.74) is 6.38. The number of amides is 2. The van der Waals surface area contributed by atoms with Crippen molar-refractivity contribution in [3.05, 3.63) is 40.8 Å². The summed E-state index contributed by atoms with van der Waals surface area (Å²) in [6.45, 7) is 2.34. The Balaban J connectivity index is 1.72. The van der Waals surface area contributed by atoms with E-state index in [4.69, 9.17) is 5.73 Å². The lowest BCUT2D eigenvalue weighted by molar-refractivity contribution is -0.122. The number of halogens is 1. The first-order valence-electron chi connectivity index (χ1n) is 7.79. The van der Waals surface area contributed by atoms with E-state index < -0.39 is 11.9 Å². The van der Waals surface area contributed by atoms with Gasteiger partial charge in [-0.2, -0.15) is 0 Å². The smallest absolute Gasteiger partial charge is 0.274 e. The molecule has 0 bridgehead atoms. The van der Waals surface area contributed by atoms with Gasteiger partial charge in [-0.05, 0) is 42.9 Å². The predicted octanol–water partition coefficient (Wildman–Crippen LogP) is 2.20. The molecule has 4 rings (SSSR count). The monoisotopic (exact) mass is 345 g/mol. The van der Waals surface area contributed by atoms with Crippen molar-refractivity contribution in [2.45, 2.75) is 19.4 Å². The molecule has 3 atom stereocenters. The number of nitrogens with zero attached hydrogens (tertiary/aromatic N) is 2. The molecule has 2 aliphatic rings. The van der Waals surface area contributed by atoms with Gasteiger partial charge in [0.15, 0.2) is 0 Å². The number of likely N-dealkylation sites (tertiary alicyclic amines) is 1. The molecule has 2 amide bonds. The number of carbonyl (C=O) groups is 2. The SMILES string of the molecule is Cc1nc(C(=O)N2C[C@@H]3C[C@H]3[C@H]2C(N)=O)c(-c2cccc(F)c2)s1. The lowest BCUT2D eigenvalue weighted by Crippen LogP contribution is -2.46. The normalized spacial score (nSPS) is 24.8. The zero-order chi connectivity index (χ0) is 17.0. The first-order chi connectivity index (χ1) is 11.5. The second kappa shape index (κ2) is 5.37. The molecule has 2 aromatic rings. The van der Waals surface area contributed by atoms with Crippen LogP contribution in [0.2, 0.25) is 0 Å². The van der Waals surface area contributed by atoms with Gasteiger partial charge in [-0.3, -0.25) is 9.59 Å². The number of hydrogen-bond donors (Lipinski definition) is 1. The molecule has 1 aromatic carbocycles.